The summed E-state index contributed by atoms with van der Waals surface area (Å²) in [6.07, 6.45) is 2.00. The molecule has 0 aliphatic heterocycles. The Bertz CT molecular complexity index is 515. The summed E-state index contributed by atoms with van der Waals surface area (Å²) in [5, 5.41) is 12.7. The van der Waals surface area contributed by atoms with Gasteiger partial charge >= 0.3 is 5.97 Å². The zero-order chi connectivity index (χ0) is 15.0. The summed E-state index contributed by atoms with van der Waals surface area (Å²) in [6.45, 7) is 6.20. The molecule has 1 saturated carbocycles. The van der Waals surface area contributed by atoms with Gasteiger partial charge in [0.15, 0.2) is 0 Å². The third-order valence-corrected chi connectivity index (χ3v) is 4.04. The van der Waals surface area contributed by atoms with Crippen molar-refractivity contribution in [3.63, 3.8) is 0 Å². The standard InChI is InChI=1S/C16H22FNO2/c1-11-8-15(2,3)10-16(9-11,14(19)20)18-13-7-5-4-6-12(13)17/h4-7,11,18H,8-10H2,1-3H3,(H,19,20). The molecule has 2 N–H and O–H groups in total. The first-order valence-electron chi connectivity index (χ1n) is 7.00. The van der Waals surface area contributed by atoms with Gasteiger partial charge in [0.25, 0.3) is 0 Å². The van der Waals surface area contributed by atoms with Crippen molar-refractivity contribution < 1.29 is 14.3 Å². The van der Waals surface area contributed by atoms with Crippen molar-refractivity contribution in [3.05, 3.63) is 30.1 Å². The number of hydrogen-bond donors (Lipinski definition) is 2. The number of halogens is 1. The van der Waals surface area contributed by atoms with E-state index in [1.165, 1.54) is 6.07 Å². The molecule has 1 aliphatic rings. The third kappa shape index (κ3) is 2.94. The lowest BCUT2D eigenvalue weighted by atomic mass is 9.64. The van der Waals surface area contributed by atoms with Crippen LogP contribution in [0.3, 0.4) is 0 Å². The van der Waals surface area contributed by atoms with E-state index >= 15 is 0 Å². The van der Waals surface area contributed by atoms with Crippen molar-refractivity contribution in [2.45, 2.75) is 45.6 Å². The highest BCUT2D eigenvalue weighted by molar-refractivity contribution is 5.83. The number of carboxylic acids is 1. The Labute approximate surface area is 119 Å². The van der Waals surface area contributed by atoms with Crippen LogP contribution in [0.4, 0.5) is 10.1 Å². The summed E-state index contributed by atoms with van der Waals surface area (Å²) in [5.74, 6) is -1.03. The van der Waals surface area contributed by atoms with E-state index in [-0.39, 0.29) is 17.0 Å². The van der Waals surface area contributed by atoms with Crippen LogP contribution in [-0.4, -0.2) is 16.6 Å². The number of nitrogens with one attached hydrogen (secondary N) is 1. The van der Waals surface area contributed by atoms with Crippen LogP contribution in [0.15, 0.2) is 24.3 Å². The maximum absolute atomic E-state index is 13.8. The summed E-state index contributed by atoms with van der Waals surface area (Å²) in [7, 11) is 0. The summed E-state index contributed by atoms with van der Waals surface area (Å²) in [5.41, 5.74) is -0.905. The lowest BCUT2D eigenvalue weighted by Crippen LogP contribution is -2.53. The number of carbonyl (C=O) groups is 1. The van der Waals surface area contributed by atoms with Gasteiger partial charge in [-0.3, -0.25) is 0 Å². The van der Waals surface area contributed by atoms with Crippen LogP contribution < -0.4 is 5.32 Å². The molecule has 0 heterocycles. The van der Waals surface area contributed by atoms with Gasteiger partial charge < -0.3 is 10.4 Å². The molecule has 0 amide bonds. The lowest BCUT2D eigenvalue weighted by Gasteiger charge is -2.45. The zero-order valence-electron chi connectivity index (χ0n) is 12.2. The molecule has 0 spiro atoms. The van der Waals surface area contributed by atoms with Gasteiger partial charge in [-0.25, -0.2) is 9.18 Å². The summed E-state index contributed by atoms with van der Waals surface area (Å²) < 4.78 is 13.8. The van der Waals surface area contributed by atoms with Crippen molar-refractivity contribution in [2.24, 2.45) is 11.3 Å². The fraction of sp³-hybridized carbons (Fsp3) is 0.562. The van der Waals surface area contributed by atoms with Gasteiger partial charge in [0.2, 0.25) is 0 Å². The van der Waals surface area contributed by atoms with E-state index in [9.17, 15) is 14.3 Å². The molecule has 0 bridgehead atoms. The molecule has 2 atom stereocenters. The minimum Gasteiger partial charge on any atom is -0.480 e. The Balaban J connectivity index is 2.36. The maximum Gasteiger partial charge on any atom is 0.329 e. The number of hydrogen-bond acceptors (Lipinski definition) is 2. The fourth-order valence-electron chi connectivity index (χ4n) is 3.70. The molecular formula is C16H22FNO2. The SMILES string of the molecule is CC1CC(C)(C)CC(Nc2ccccc2F)(C(=O)O)C1. The van der Waals surface area contributed by atoms with E-state index in [4.69, 9.17) is 0 Å². The van der Waals surface area contributed by atoms with E-state index in [2.05, 4.69) is 26.1 Å². The van der Waals surface area contributed by atoms with E-state index in [0.29, 0.717) is 12.8 Å². The van der Waals surface area contributed by atoms with E-state index in [1.807, 2.05) is 0 Å². The topological polar surface area (TPSA) is 49.3 Å². The number of anilines is 1. The fourth-order valence-corrected chi connectivity index (χ4v) is 3.70. The Morgan fingerprint density at radius 1 is 1.35 bits per heavy atom. The second-order valence-corrected chi connectivity index (χ2v) is 6.85. The lowest BCUT2D eigenvalue weighted by molar-refractivity contribution is -0.145. The molecule has 1 fully saturated rings. The summed E-state index contributed by atoms with van der Waals surface area (Å²) in [6, 6.07) is 6.24. The van der Waals surface area contributed by atoms with Gasteiger partial charge in [0.1, 0.15) is 11.4 Å². The molecule has 110 valence electrons. The van der Waals surface area contributed by atoms with E-state index in [1.54, 1.807) is 18.2 Å². The maximum atomic E-state index is 13.8. The minimum atomic E-state index is -1.09. The molecule has 1 aliphatic carbocycles. The Morgan fingerprint density at radius 2 is 2.00 bits per heavy atom. The van der Waals surface area contributed by atoms with Gasteiger partial charge in [0.05, 0.1) is 5.69 Å². The first kappa shape index (κ1) is 14.8. The van der Waals surface area contributed by atoms with Crippen LogP contribution in [-0.2, 0) is 4.79 Å². The smallest absolute Gasteiger partial charge is 0.329 e. The monoisotopic (exact) mass is 279 g/mol. The zero-order valence-corrected chi connectivity index (χ0v) is 12.2. The molecule has 2 rings (SSSR count). The average Bonchev–Trinajstić information content (AvgIpc) is 2.29. The third-order valence-electron chi connectivity index (χ3n) is 4.04. The summed E-state index contributed by atoms with van der Waals surface area (Å²) >= 11 is 0. The number of aliphatic carboxylic acids is 1. The van der Waals surface area contributed by atoms with Crippen molar-refractivity contribution in [1.29, 1.82) is 0 Å². The molecule has 3 nitrogen and oxygen atoms in total. The summed E-state index contributed by atoms with van der Waals surface area (Å²) in [4.78, 5) is 11.8. The van der Waals surface area contributed by atoms with Crippen molar-refractivity contribution in [1.82, 2.24) is 0 Å². The number of carboxylic acid groups (broad SMARTS) is 1. The second kappa shape index (κ2) is 5.08. The predicted octanol–water partition coefficient (Wildman–Crippen LogP) is 3.91. The average molecular weight is 279 g/mol. The van der Waals surface area contributed by atoms with Gasteiger partial charge in [-0.2, -0.15) is 0 Å². The Morgan fingerprint density at radius 3 is 2.55 bits per heavy atom. The molecular weight excluding hydrogens is 257 g/mol. The molecule has 1 aromatic rings. The number of benzene rings is 1. The van der Waals surface area contributed by atoms with Gasteiger partial charge in [-0.15, -0.1) is 0 Å². The van der Waals surface area contributed by atoms with Gasteiger partial charge in [-0.1, -0.05) is 32.9 Å². The number of rotatable bonds is 3. The highest BCUT2D eigenvalue weighted by atomic mass is 19.1. The van der Waals surface area contributed by atoms with Crippen LogP contribution in [0, 0.1) is 17.2 Å². The molecule has 2 unspecified atom stereocenters. The van der Waals surface area contributed by atoms with Crippen molar-refractivity contribution in [2.75, 3.05) is 5.32 Å². The molecule has 0 saturated heterocycles. The van der Waals surface area contributed by atoms with Crippen LogP contribution in [0.2, 0.25) is 0 Å². The highest BCUT2D eigenvalue weighted by Gasteiger charge is 2.48. The van der Waals surface area contributed by atoms with Crippen molar-refractivity contribution >= 4 is 11.7 Å². The minimum absolute atomic E-state index is 0.0751. The first-order chi connectivity index (χ1) is 9.24. The highest BCUT2D eigenvalue weighted by Crippen LogP contribution is 2.45. The molecule has 0 aromatic heterocycles. The first-order valence-corrected chi connectivity index (χ1v) is 7.00. The van der Waals surface area contributed by atoms with E-state index in [0.717, 1.165) is 6.42 Å². The number of para-hydroxylation sites is 1. The van der Waals surface area contributed by atoms with E-state index < -0.39 is 17.3 Å². The van der Waals surface area contributed by atoms with Crippen LogP contribution in [0.25, 0.3) is 0 Å². The van der Waals surface area contributed by atoms with Gasteiger partial charge in [-0.05, 0) is 42.7 Å². The molecule has 4 heteroatoms. The van der Waals surface area contributed by atoms with Gasteiger partial charge in [0, 0.05) is 0 Å². The Kier molecular flexibility index (Phi) is 3.76. The van der Waals surface area contributed by atoms with Crippen LogP contribution in [0.1, 0.15) is 40.0 Å². The largest absolute Gasteiger partial charge is 0.480 e. The quantitative estimate of drug-likeness (QED) is 0.882. The predicted molar refractivity (Wildman–Crippen MR) is 77.2 cm³/mol. The molecule has 1 aromatic carbocycles. The molecule has 20 heavy (non-hydrogen) atoms. The van der Waals surface area contributed by atoms with Crippen LogP contribution in [0.5, 0.6) is 0 Å². The normalized spacial score (nSPS) is 28.9. The van der Waals surface area contributed by atoms with Crippen LogP contribution >= 0.6 is 0 Å². The molecule has 0 radical (unpaired) electrons. The second-order valence-electron chi connectivity index (χ2n) is 6.85. The Hall–Kier alpha value is -1.58. The van der Waals surface area contributed by atoms with Crippen molar-refractivity contribution in [3.8, 4) is 0 Å².